The molecule has 1 atom stereocenters. The van der Waals surface area contributed by atoms with E-state index in [0.29, 0.717) is 6.04 Å². The summed E-state index contributed by atoms with van der Waals surface area (Å²) in [6, 6.07) is 7.54. The zero-order chi connectivity index (χ0) is 12.3. The van der Waals surface area contributed by atoms with Crippen LogP contribution in [0.5, 0.6) is 0 Å². The van der Waals surface area contributed by atoms with Gasteiger partial charge in [-0.3, -0.25) is 0 Å². The molecule has 2 rings (SSSR count). The van der Waals surface area contributed by atoms with E-state index >= 15 is 0 Å². The highest BCUT2D eigenvalue weighted by atomic mass is 15.1. The van der Waals surface area contributed by atoms with Crippen LogP contribution in [0.15, 0.2) is 18.2 Å². The van der Waals surface area contributed by atoms with Gasteiger partial charge in [-0.25, -0.2) is 0 Å². The molecular weight excluding hydrogens is 208 g/mol. The Bertz CT molecular complexity index is 369. The maximum absolute atomic E-state index is 3.42. The fourth-order valence-electron chi connectivity index (χ4n) is 2.80. The molecule has 1 heterocycles. The van der Waals surface area contributed by atoms with E-state index in [0.717, 1.165) is 26.1 Å². The van der Waals surface area contributed by atoms with Crippen LogP contribution in [0.4, 0.5) is 5.69 Å². The molecule has 1 aliphatic rings. The quantitative estimate of drug-likeness (QED) is 0.839. The lowest BCUT2D eigenvalue weighted by Gasteiger charge is -2.26. The number of fused-ring (bicyclic) bond motifs is 1. The van der Waals surface area contributed by atoms with Gasteiger partial charge in [0.2, 0.25) is 0 Å². The summed E-state index contributed by atoms with van der Waals surface area (Å²) in [5.41, 5.74) is 4.31. The van der Waals surface area contributed by atoms with Crippen LogP contribution < -0.4 is 5.32 Å². The lowest BCUT2D eigenvalue weighted by atomic mass is 10.0. The van der Waals surface area contributed by atoms with Crippen molar-refractivity contribution < 1.29 is 0 Å². The van der Waals surface area contributed by atoms with Crippen LogP contribution in [0.1, 0.15) is 31.9 Å². The molecule has 0 aromatic heterocycles. The van der Waals surface area contributed by atoms with Crippen molar-refractivity contribution in [2.45, 2.75) is 39.7 Å². The first kappa shape index (κ1) is 12.4. The Morgan fingerprint density at radius 3 is 2.76 bits per heavy atom. The van der Waals surface area contributed by atoms with Crippen LogP contribution >= 0.6 is 0 Å². The fourth-order valence-corrected chi connectivity index (χ4v) is 2.80. The third-order valence-corrected chi connectivity index (χ3v) is 3.85. The number of anilines is 1. The highest BCUT2D eigenvalue weighted by Gasteiger charge is 2.13. The Balaban J connectivity index is 2.03. The lowest BCUT2D eigenvalue weighted by Crippen LogP contribution is -2.34. The highest BCUT2D eigenvalue weighted by Crippen LogP contribution is 2.23. The first-order chi connectivity index (χ1) is 8.24. The predicted molar refractivity (Wildman–Crippen MR) is 74.7 cm³/mol. The van der Waals surface area contributed by atoms with Gasteiger partial charge in [0.1, 0.15) is 0 Å². The predicted octanol–water partition coefficient (Wildman–Crippen LogP) is 2.93. The number of benzene rings is 1. The van der Waals surface area contributed by atoms with Crippen molar-refractivity contribution in [3.05, 3.63) is 29.3 Å². The minimum absolute atomic E-state index is 0.636. The molecule has 2 heteroatoms. The number of hydrogen-bond donors (Lipinski definition) is 1. The van der Waals surface area contributed by atoms with Crippen molar-refractivity contribution in [1.82, 2.24) is 4.90 Å². The van der Waals surface area contributed by atoms with Gasteiger partial charge in [0, 0.05) is 18.3 Å². The van der Waals surface area contributed by atoms with Crippen LogP contribution in [0, 0.1) is 0 Å². The van der Waals surface area contributed by atoms with Gasteiger partial charge >= 0.3 is 0 Å². The second-order valence-electron chi connectivity index (χ2n) is 4.94. The largest absolute Gasteiger partial charge is 0.384 e. The minimum atomic E-state index is 0.636. The van der Waals surface area contributed by atoms with E-state index < -0.39 is 0 Å². The molecule has 2 nitrogen and oxygen atoms in total. The number of hydrogen-bond acceptors (Lipinski definition) is 2. The normalized spacial score (nSPS) is 15.8. The van der Waals surface area contributed by atoms with E-state index in [2.05, 4.69) is 49.2 Å². The van der Waals surface area contributed by atoms with Crippen molar-refractivity contribution in [2.75, 3.05) is 25.0 Å². The molecule has 1 aromatic rings. The summed E-state index contributed by atoms with van der Waals surface area (Å²) in [5.74, 6) is 0. The third kappa shape index (κ3) is 2.81. The zero-order valence-corrected chi connectivity index (χ0v) is 11.3. The summed E-state index contributed by atoms with van der Waals surface area (Å²) in [4.78, 5) is 2.52. The average molecular weight is 232 g/mol. The van der Waals surface area contributed by atoms with Gasteiger partial charge in [-0.2, -0.15) is 0 Å². The summed E-state index contributed by atoms with van der Waals surface area (Å²) >= 11 is 0. The van der Waals surface area contributed by atoms with E-state index in [1.165, 1.54) is 23.2 Å². The number of nitrogens with one attached hydrogen (secondary N) is 1. The monoisotopic (exact) mass is 232 g/mol. The summed E-state index contributed by atoms with van der Waals surface area (Å²) in [6.07, 6.45) is 2.35. The molecular formula is C15H24N2. The van der Waals surface area contributed by atoms with Crippen molar-refractivity contribution in [2.24, 2.45) is 0 Å². The van der Waals surface area contributed by atoms with Crippen LogP contribution in [0.3, 0.4) is 0 Å². The standard InChI is InChI=1S/C15H24N2/c1-4-17(5-2)12(3)10-13-6-7-15-14(11-13)8-9-16-15/h6-7,11-12,16H,4-5,8-10H2,1-3H3. The second kappa shape index (κ2) is 5.54. The Morgan fingerprint density at radius 2 is 2.06 bits per heavy atom. The number of nitrogens with zero attached hydrogens (tertiary/aromatic N) is 1. The van der Waals surface area contributed by atoms with Crippen LogP contribution in [0.25, 0.3) is 0 Å². The molecule has 1 aliphatic heterocycles. The number of rotatable bonds is 5. The van der Waals surface area contributed by atoms with Gasteiger partial charge in [0.15, 0.2) is 0 Å². The van der Waals surface area contributed by atoms with Crippen molar-refractivity contribution >= 4 is 5.69 Å². The van der Waals surface area contributed by atoms with E-state index in [1.54, 1.807) is 0 Å². The third-order valence-electron chi connectivity index (χ3n) is 3.85. The van der Waals surface area contributed by atoms with E-state index in [4.69, 9.17) is 0 Å². The maximum Gasteiger partial charge on any atom is 0.0373 e. The van der Waals surface area contributed by atoms with Gasteiger partial charge in [0.05, 0.1) is 0 Å². The zero-order valence-electron chi connectivity index (χ0n) is 11.3. The molecule has 0 aliphatic carbocycles. The summed E-state index contributed by atoms with van der Waals surface area (Å²) in [7, 11) is 0. The lowest BCUT2D eigenvalue weighted by molar-refractivity contribution is 0.230. The van der Waals surface area contributed by atoms with Gasteiger partial charge in [-0.05, 0) is 50.0 Å². The Labute approximate surface area is 105 Å². The van der Waals surface area contributed by atoms with Gasteiger partial charge < -0.3 is 10.2 Å². The number of likely N-dealkylation sites (N-methyl/N-ethyl adjacent to an activating group) is 1. The molecule has 0 saturated heterocycles. The van der Waals surface area contributed by atoms with Crippen molar-refractivity contribution in [3.63, 3.8) is 0 Å². The average Bonchev–Trinajstić information content (AvgIpc) is 2.77. The van der Waals surface area contributed by atoms with Crippen LogP contribution in [-0.2, 0) is 12.8 Å². The SMILES string of the molecule is CCN(CC)C(C)Cc1ccc2c(c1)CCN2. The topological polar surface area (TPSA) is 15.3 Å². The van der Waals surface area contributed by atoms with E-state index in [1.807, 2.05) is 0 Å². The molecule has 0 saturated carbocycles. The molecule has 1 unspecified atom stereocenters. The molecule has 17 heavy (non-hydrogen) atoms. The molecule has 1 N–H and O–H groups in total. The van der Waals surface area contributed by atoms with Crippen LogP contribution in [-0.4, -0.2) is 30.6 Å². The summed E-state index contributed by atoms with van der Waals surface area (Å²) < 4.78 is 0. The first-order valence-corrected chi connectivity index (χ1v) is 6.84. The smallest absolute Gasteiger partial charge is 0.0373 e. The van der Waals surface area contributed by atoms with Gasteiger partial charge in [-0.1, -0.05) is 26.0 Å². The van der Waals surface area contributed by atoms with Crippen molar-refractivity contribution in [3.8, 4) is 0 Å². The molecule has 1 aromatic carbocycles. The van der Waals surface area contributed by atoms with Gasteiger partial charge in [-0.15, -0.1) is 0 Å². The summed E-state index contributed by atoms with van der Waals surface area (Å²) in [5, 5.41) is 3.42. The van der Waals surface area contributed by atoms with Crippen LogP contribution in [0.2, 0.25) is 0 Å². The van der Waals surface area contributed by atoms with E-state index in [-0.39, 0.29) is 0 Å². The molecule has 0 amide bonds. The fraction of sp³-hybridized carbons (Fsp3) is 0.600. The molecule has 0 spiro atoms. The van der Waals surface area contributed by atoms with Gasteiger partial charge in [0.25, 0.3) is 0 Å². The Kier molecular flexibility index (Phi) is 4.06. The summed E-state index contributed by atoms with van der Waals surface area (Å²) in [6.45, 7) is 10.2. The van der Waals surface area contributed by atoms with E-state index in [9.17, 15) is 0 Å². The molecule has 0 bridgehead atoms. The molecule has 0 radical (unpaired) electrons. The Hall–Kier alpha value is -1.02. The molecule has 0 fully saturated rings. The molecule has 94 valence electrons. The highest BCUT2D eigenvalue weighted by molar-refractivity contribution is 5.56. The first-order valence-electron chi connectivity index (χ1n) is 6.84. The maximum atomic E-state index is 3.42. The Morgan fingerprint density at radius 1 is 1.29 bits per heavy atom. The minimum Gasteiger partial charge on any atom is -0.384 e. The second-order valence-corrected chi connectivity index (χ2v) is 4.94. The van der Waals surface area contributed by atoms with Crippen molar-refractivity contribution in [1.29, 1.82) is 0 Å².